The van der Waals surface area contributed by atoms with E-state index in [-0.39, 0.29) is 10.6 Å². The highest BCUT2D eigenvalue weighted by Crippen LogP contribution is 2.41. The molecule has 0 N–H and O–H groups in total. The summed E-state index contributed by atoms with van der Waals surface area (Å²) in [7, 11) is 0. The van der Waals surface area contributed by atoms with Crippen LogP contribution in [-0.2, 0) is 0 Å². The number of fused-ring (bicyclic) bond motifs is 1. The second-order valence-electron chi connectivity index (χ2n) is 5.63. The first-order valence-corrected chi connectivity index (χ1v) is 7.97. The SMILES string of the molecule is Cc1sc2c(C)c(-c3ccccc3[N+](=O)[O-])cc(C)c2c1C. The van der Waals surface area contributed by atoms with Gasteiger partial charge in [0.2, 0.25) is 0 Å². The third kappa shape index (κ3) is 2.11. The highest BCUT2D eigenvalue weighted by Gasteiger charge is 2.19. The second-order valence-corrected chi connectivity index (χ2v) is 6.85. The normalized spacial score (nSPS) is 11.1. The van der Waals surface area contributed by atoms with Gasteiger partial charge in [-0.1, -0.05) is 18.2 Å². The zero-order chi connectivity index (χ0) is 16.0. The molecule has 3 nitrogen and oxygen atoms in total. The predicted octanol–water partition coefficient (Wildman–Crippen LogP) is 5.71. The van der Waals surface area contributed by atoms with Gasteiger partial charge in [-0.05, 0) is 61.4 Å². The molecule has 1 aromatic heterocycles. The zero-order valence-electron chi connectivity index (χ0n) is 13.1. The van der Waals surface area contributed by atoms with Gasteiger partial charge in [-0.2, -0.15) is 0 Å². The van der Waals surface area contributed by atoms with Gasteiger partial charge in [0, 0.05) is 15.6 Å². The van der Waals surface area contributed by atoms with E-state index in [1.807, 2.05) is 12.1 Å². The molecule has 2 aromatic carbocycles. The molecule has 0 atom stereocenters. The Balaban J connectivity index is 2.39. The zero-order valence-corrected chi connectivity index (χ0v) is 13.9. The largest absolute Gasteiger partial charge is 0.277 e. The van der Waals surface area contributed by atoms with Crippen molar-refractivity contribution in [1.29, 1.82) is 0 Å². The first-order valence-electron chi connectivity index (χ1n) is 7.15. The van der Waals surface area contributed by atoms with Crippen LogP contribution >= 0.6 is 11.3 Å². The van der Waals surface area contributed by atoms with E-state index in [0.29, 0.717) is 5.56 Å². The van der Waals surface area contributed by atoms with Crippen LogP contribution in [0.5, 0.6) is 0 Å². The number of hydrogen-bond donors (Lipinski definition) is 0. The van der Waals surface area contributed by atoms with E-state index >= 15 is 0 Å². The van der Waals surface area contributed by atoms with Crippen molar-refractivity contribution in [2.24, 2.45) is 0 Å². The minimum atomic E-state index is -0.306. The number of nitro groups is 1. The fourth-order valence-electron chi connectivity index (χ4n) is 3.03. The van der Waals surface area contributed by atoms with E-state index in [1.165, 1.54) is 26.1 Å². The molecule has 4 heteroatoms. The maximum atomic E-state index is 11.3. The van der Waals surface area contributed by atoms with Crippen molar-refractivity contribution in [3.63, 3.8) is 0 Å². The Morgan fingerprint density at radius 1 is 1.00 bits per heavy atom. The molecule has 1 heterocycles. The van der Waals surface area contributed by atoms with Crippen LogP contribution < -0.4 is 0 Å². The number of rotatable bonds is 2. The summed E-state index contributed by atoms with van der Waals surface area (Å²) in [5, 5.41) is 12.6. The molecular formula is C18H17NO2S. The highest BCUT2D eigenvalue weighted by atomic mass is 32.1. The van der Waals surface area contributed by atoms with Gasteiger partial charge in [-0.15, -0.1) is 11.3 Å². The Morgan fingerprint density at radius 3 is 2.36 bits per heavy atom. The summed E-state index contributed by atoms with van der Waals surface area (Å²) in [5.41, 5.74) is 5.42. The van der Waals surface area contributed by atoms with Gasteiger partial charge in [0.1, 0.15) is 0 Å². The van der Waals surface area contributed by atoms with Crippen molar-refractivity contribution in [1.82, 2.24) is 0 Å². The number of nitrogens with zero attached hydrogens (tertiary/aromatic N) is 1. The molecule has 0 saturated heterocycles. The molecule has 22 heavy (non-hydrogen) atoms. The topological polar surface area (TPSA) is 43.1 Å². The Kier molecular flexibility index (Phi) is 3.49. The molecule has 3 aromatic rings. The molecule has 0 aliphatic rings. The van der Waals surface area contributed by atoms with Crippen molar-refractivity contribution in [3.05, 3.63) is 62.0 Å². The monoisotopic (exact) mass is 311 g/mol. The maximum Gasteiger partial charge on any atom is 0.277 e. The Bertz CT molecular complexity index is 909. The first-order chi connectivity index (χ1) is 10.4. The Hall–Kier alpha value is -2.20. The average molecular weight is 311 g/mol. The predicted molar refractivity (Wildman–Crippen MR) is 92.9 cm³/mol. The fraction of sp³-hybridized carbons (Fsp3) is 0.222. The lowest BCUT2D eigenvalue weighted by Crippen LogP contribution is -1.94. The first kappa shape index (κ1) is 14.7. The summed E-state index contributed by atoms with van der Waals surface area (Å²) in [6.45, 7) is 8.41. The standard InChI is InChI=1S/C18H17NO2S/c1-10-9-15(14-7-5-6-8-16(14)19(20)21)12(3)18-17(10)11(2)13(4)22-18/h5-9H,1-4H3. The van der Waals surface area contributed by atoms with Crippen LogP contribution in [0.25, 0.3) is 21.2 Å². The van der Waals surface area contributed by atoms with E-state index in [9.17, 15) is 10.1 Å². The molecule has 0 radical (unpaired) electrons. The van der Waals surface area contributed by atoms with Crippen LogP contribution in [0, 0.1) is 37.8 Å². The lowest BCUT2D eigenvalue weighted by molar-refractivity contribution is -0.384. The molecule has 0 aliphatic heterocycles. The summed E-state index contributed by atoms with van der Waals surface area (Å²) in [4.78, 5) is 12.3. The van der Waals surface area contributed by atoms with Gasteiger partial charge in [-0.25, -0.2) is 0 Å². The van der Waals surface area contributed by atoms with Crippen molar-refractivity contribution in [3.8, 4) is 11.1 Å². The second kappa shape index (κ2) is 5.21. The molecule has 112 valence electrons. The maximum absolute atomic E-state index is 11.3. The molecule has 0 fully saturated rings. The minimum Gasteiger partial charge on any atom is -0.258 e. The van der Waals surface area contributed by atoms with Gasteiger partial charge in [-0.3, -0.25) is 10.1 Å². The summed E-state index contributed by atoms with van der Waals surface area (Å²) < 4.78 is 1.24. The van der Waals surface area contributed by atoms with Gasteiger partial charge in [0.15, 0.2) is 0 Å². The summed E-state index contributed by atoms with van der Waals surface area (Å²) >= 11 is 1.77. The minimum absolute atomic E-state index is 0.161. The number of hydrogen-bond acceptors (Lipinski definition) is 3. The summed E-state index contributed by atoms with van der Waals surface area (Å²) in [5.74, 6) is 0. The molecule has 0 bridgehead atoms. The number of para-hydroxylation sites is 1. The molecule has 0 aliphatic carbocycles. The third-order valence-electron chi connectivity index (χ3n) is 4.28. The lowest BCUT2D eigenvalue weighted by atomic mass is 9.94. The van der Waals surface area contributed by atoms with E-state index in [1.54, 1.807) is 23.5 Å². The number of nitro benzene ring substituents is 1. The van der Waals surface area contributed by atoms with Gasteiger partial charge in [0.25, 0.3) is 5.69 Å². The van der Waals surface area contributed by atoms with Gasteiger partial charge >= 0.3 is 0 Å². The van der Waals surface area contributed by atoms with Crippen LogP contribution in [0.2, 0.25) is 0 Å². The fourth-order valence-corrected chi connectivity index (χ4v) is 4.27. The number of benzene rings is 2. The number of aryl methyl sites for hydroxylation is 4. The molecule has 0 spiro atoms. The van der Waals surface area contributed by atoms with Crippen molar-refractivity contribution in [2.45, 2.75) is 27.7 Å². The van der Waals surface area contributed by atoms with E-state index < -0.39 is 0 Å². The smallest absolute Gasteiger partial charge is 0.258 e. The van der Waals surface area contributed by atoms with E-state index in [4.69, 9.17) is 0 Å². The average Bonchev–Trinajstić information content (AvgIpc) is 2.79. The van der Waals surface area contributed by atoms with Crippen LogP contribution in [0.3, 0.4) is 0 Å². The van der Waals surface area contributed by atoms with Crippen LogP contribution in [0.15, 0.2) is 30.3 Å². The Morgan fingerprint density at radius 2 is 1.68 bits per heavy atom. The summed E-state index contributed by atoms with van der Waals surface area (Å²) in [6, 6.07) is 9.05. The van der Waals surface area contributed by atoms with Crippen LogP contribution in [0.4, 0.5) is 5.69 Å². The molecular weight excluding hydrogens is 294 g/mol. The van der Waals surface area contributed by atoms with Crippen LogP contribution in [0.1, 0.15) is 21.6 Å². The van der Waals surface area contributed by atoms with Crippen LogP contribution in [-0.4, -0.2) is 4.92 Å². The lowest BCUT2D eigenvalue weighted by Gasteiger charge is -2.11. The van der Waals surface area contributed by atoms with Crippen molar-refractivity contribution < 1.29 is 4.92 Å². The quantitative estimate of drug-likeness (QED) is 0.449. The van der Waals surface area contributed by atoms with E-state index in [2.05, 4.69) is 33.8 Å². The van der Waals surface area contributed by atoms with Crippen molar-refractivity contribution >= 4 is 27.1 Å². The Labute approximate surface area is 133 Å². The molecule has 0 amide bonds. The van der Waals surface area contributed by atoms with Crippen molar-refractivity contribution in [2.75, 3.05) is 0 Å². The summed E-state index contributed by atoms with van der Waals surface area (Å²) in [6.07, 6.45) is 0. The third-order valence-corrected chi connectivity index (χ3v) is 5.60. The molecule has 0 saturated carbocycles. The molecule has 3 rings (SSSR count). The molecule has 0 unspecified atom stereocenters. The van der Waals surface area contributed by atoms with E-state index in [0.717, 1.165) is 11.1 Å². The highest BCUT2D eigenvalue weighted by molar-refractivity contribution is 7.19. The van der Waals surface area contributed by atoms with Gasteiger partial charge in [0.05, 0.1) is 10.5 Å². The number of thiophene rings is 1. The van der Waals surface area contributed by atoms with Gasteiger partial charge < -0.3 is 0 Å².